The summed E-state index contributed by atoms with van der Waals surface area (Å²) in [4.78, 5) is 0. The summed E-state index contributed by atoms with van der Waals surface area (Å²) in [6.07, 6.45) is 2.80. The molecule has 0 aliphatic heterocycles. The van der Waals surface area contributed by atoms with Crippen LogP contribution in [0.1, 0.15) is 18.4 Å². The van der Waals surface area contributed by atoms with Gasteiger partial charge in [-0.25, -0.2) is 12.8 Å². The highest BCUT2D eigenvalue weighted by atomic mass is 35.5. The smallest absolute Gasteiger partial charge is 0.211 e. The number of hydrogen-bond donors (Lipinski definition) is 0. The first-order valence-electron chi connectivity index (χ1n) is 5.29. The first-order chi connectivity index (χ1) is 7.89. The summed E-state index contributed by atoms with van der Waals surface area (Å²) in [5.74, 6) is -0.466. The SMILES string of the molecule is CS(=O)(=O)N(Cc1c(F)cccc1Cl)C1CC1. The van der Waals surface area contributed by atoms with Crippen LogP contribution in [0.2, 0.25) is 5.02 Å². The minimum atomic E-state index is -3.33. The molecule has 0 amide bonds. The molecule has 1 aliphatic rings. The lowest BCUT2D eigenvalue weighted by Gasteiger charge is -2.20. The van der Waals surface area contributed by atoms with E-state index in [1.165, 1.54) is 16.4 Å². The average molecular weight is 278 g/mol. The second kappa shape index (κ2) is 4.55. The highest BCUT2D eigenvalue weighted by Crippen LogP contribution is 2.32. The van der Waals surface area contributed by atoms with E-state index in [-0.39, 0.29) is 23.2 Å². The molecular weight excluding hydrogens is 265 g/mol. The molecule has 1 aromatic carbocycles. The van der Waals surface area contributed by atoms with Crippen LogP contribution in [-0.4, -0.2) is 25.0 Å². The predicted molar refractivity (Wildman–Crippen MR) is 64.8 cm³/mol. The lowest BCUT2D eigenvalue weighted by molar-refractivity contribution is 0.395. The molecule has 6 heteroatoms. The van der Waals surface area contributed by atoms with Gasteiger partial charge in [-0.15, -0.1) is 0 Å². The second-order valence-corrected chi connectivity index (χ2v) is 6.58. The Bertz CT molecular complexity index is 508. The Balaban J connectivity index is 2.30. The zero-order valence-electron chi connectivity index (χ0n) is 9.36. The molecule has 0 heterocycles. The van der Waals surface area contributed by atoms with Crippen LogP contribution in [-0.2, 0) is 16.6 Å². The average Bonchev–Trinajstić information content (AvgIpc) is 2.99. The van der Waals surface area contributed by atoms with E-state index in [1.54, 1.807) is 6.07 Å². The zero-order chi connectivity index (χ0) is 12.6. The zero-order valence-corrected chi connectivity index (χ0v) is 10.9. The number of sulfonamides is 1. The van der Waals surface area contributed by atoms with E-state index in [1.807, 2.05) is 0 Å². The quantitative estimate of drug-likeness (QED) is 0.847. The van der Waals surface area contributed by atoms with E-state index in [0.29, 0.717) is 0 Å². The third kappa shape index (κ3) is 2.97. The van der Waals surface area contributed by atoms with Crippen molar-refractivity contribution in [1.82, 2.24) is 4.31 Å². The lowest BCUT2D eigenvalue weighted by Crippen LogP contribution is -2.32. The maximum Gasteiger partial charge on any atom is 0.211 e. The van der Waals surface area contributed by atoms with Crippen molar-refractivity contribution >= 4 is 21.6 Å². The van der Waals surface area contributed by atoms with Crippen molar-refractivity contribution in [2.75, 3.05) is 6.26 Å². The molecule has 94 valence electrons. The van der Waals surface area contributed by atoms with E-state index in [4.69, 9.17) is 11.6 Å². The summed E-state index contributed by atoms with van der Waals surface area (Å²) in [6, 6.07) is 4.35. The normalized spacial score (nSPS) is 16.5. The van der Waals surface area contributed by atoms with Crippen molar-refractivity contribution in [3.05, 3.63) is 34.6 Å². The first-order valence-corrected chi connectivity index (χ1v) is 7.52. The van der Waals surface area contributed by atoms with E-state index in [2.05, 4.69) is 0 Å². The van der Waals surface area contributed by atoms with Crippen LogP contribution in [0, 0.1) is 5.82 Å². The standard InChI is InChI=1S/C11H13ClFNO2S/c1-17(15,16)14(8-5-6-8)7-9-10(12)3-2-4-11(9)13/h2-4,8H,5-7H2,1H3. The van der Waals surface area contributed by atoms with Crippen LogP contribution in [0.15, 0.2) is 18.2 Å². The fraction of sp³-hybridized carbons (Fsp3) is 0.455. The number of hydrogen-bond acceptors (Lipinski definition) is 2. The van der Waals surface area contributed by atoms with Crippen LogP contribution >= 0.6 is 11.6 Å². The molecule has 2 rings (SSSR count). The molecule has 1 aromatic rings. The molecule has 0 unspecified atom stereocenters. The van der Waals surface area contributed by atoms with Gasteiger partial charge >= 0.3 is 0 Å². The van der Waals surface area contributed by atoms with Gasteiger partial charge in [0, 0.05) is 23.2 Å². The minimum absolute atomic E-state index is 0.000623. The number of benzene rings is 1. The second-order valence-electron chi connectivity index (χ2n) is 4.24. The van der Waals surface area contributed by atoms with Gasteiger partial charge in [-0.1, -0.05) is 17.7 Å². The topological polar surface area (TPSA) is 37.4 Å². The maximum absolute atomic E-state index is 13.6. The van der Waals surface area contributed by atoms with Crippen molar-refractivity contribution in [3.63, 3.8) is 0 Å². The Kier molecular flexibility index (Phi) is 3.43. The van der Waals surface area contributed by atoms with Gasteiger partial charge in [0.2, 0.25) is 10.0 Å². The highest BCUT2D eigenvalue weighted by Gasteiger charge is 2.35. The third-order valence-corrected chi connectivity index (χ3v) is 4.39. The van der Waals surface area contributed by atoms with Gasteiger partial charge in [0.05, 0.1) is 6.26 Å². The molecule has 1 fully saturated rings. The van der Waals surface area contributed by atoms with Crippen molar-refractivity contribution in [1.29, 1.82) is 0 Å². The van der Waals surface area contributed by atoms with Crippen LogP contribution in [0.25, 0.3) is 0 Å². The van der Waals surface area contributed by atoms with Crippen molar-refractivity contribution in [2.24, 2.45) is 0 Å². The Labute approximate surface area is 105 Å². The molecule has 1 saturated carbocycles. The van der Waals surface area contributed by atoms with Gasteiger partial charge in [-0.2, -0.15) is 4.31 Å². The Morgan fingerprint density at radius 1 is 1.47 bits per heavy atom. The molecular formula is C11H13ClFNO2S. The Hall–Kier alpha value is -0.650. The van der Waals surface area contributed by atoms with Crippen molar-refractivity contribution in [3.8, 4) is 0 Å². The molecule has 1 aliphatic carbocycles. The molecule has 0 aromatic heterocycles. The molecule has 0 saturated heterocycles. The number of nitrogens with zero attached hydrogens (tertiary/aromatic N) is 1. The minimum Gasteiger partial charge on any atom is -0.212 e. The number of halogens is 2. The van der Waals surface area contributed by atoms with Gasteiger partial charge in [-0.05, 0) is 25.0 Å². The largest absolute Gasteiger partial charge is 0.212 e. The lowest BCUT2D eigenvalue weighted by atomic mass is 10.2. The van der Waals surface area contributed by atoms with Gasteiger partial charge in [-0.3, -0.25) is 0 Å². The fourth-order valence-corrected chi connectivity index (χ4v) is 3.06. The predicted octanol–water partition coefficient (Wildman–Crippen LogP) is 2.40. The molecule has 0 atom stereocenters. The molecule has 3 nitrogen and oxygen atoms in total. The van der Waals surface area contributed by atoms with Crippen LogP contribution < -0.4 is 0 Å². The molecule has 0 spiro atoms. The molecule has 0 N–H and O–H groups in total. The summed E-state index contributed by atoms with van der Waals surface area (Å²) in [5, 5.41) is 0.263. The summed E-state index contributed by atoms with van der Waals surface area (Å²) in [7, 11) is -3.33. The summed E-state index contributed by atoms with van der Waals surface area (Å²) < 4.78 is 38.1. The summed E-state index contributed by atoms with van der Waals surface area (Å²) in [5.41, 5.74) is 0.242. The Morgan fingerprint density at radius 3 is 2.59 bits per heavy atom. The van der Waals surface area contributed by atoms with E-state index < -0.39 is 15.8 Å². The molecule has 0 radical (unpaired) electrons. The number of rotatable bonds is 4. The monoisotopic (exact) mass is 277 g/mol. The van der Waals surface area contributed by atoms with E-state index in [9.17, 15) is 12.8 Å². The maximum atomic E-state index is 13.6. The van der Waals surface area contributed by atoms with E-state index >= 15 is 0 Å². The van der Waals surface area contributed by atoms with Crippen LogP contribution in [0.4, 0.5) is 4.39 Å². The van der Waals surface area contributed by atoms with Crippen molar-refractivity contribution < 1.29 is 12.8 Å². The summed E-state index contributed by atoms with van der Waals surface area (Å²) in [6.45, 7) is 0.00894. The van der Waals surface area contributed by atoms with Crippen LogP contribution in [0.3, 0.4) is 0 Å². The van der Waals surface area contributed by atoms with Gasteiger partial charge in [0.25, 0.3) is 0 Å². The Morgan fingerprint density at radius 2 is 2.12 bits per heavy atom. The third-order valence-electron chi connectivity index (χ3n) is 2.76. The van der Waals surface area contributed by atoms with E-state index in [0.717, 1.165) is 19.1 Å². The van der Waals surface area contributed by atoms with Crippen LogP contribution in [0.5, 0.6) is 0 Å². The first kappa shape index (κ1) is 12.8. The molecule has 0 bridgehead atoms. The van der Waals surface area contributed by atoms with Gasteiger partial charge in [0.1, 0.15) is 5.82 Å². The van der Waals surface area contributed by atoms with Crippen molar-refractivity contribution in [2.45, 2.75) is 25.4 Å². The molecule has 17 heavy (non-hydrogen) atoms. The fourth-order valence-electron chi connectivity index (χ4n) is 1.72. The highest BCUT2D eigenvalue weighted by molar-refractivity contribution is 7.88. The van der Waals surface area contributed by atoms with Gasteiger partial charge in [0.15, 0.2) is 0 Å². The van der Waals surface area contributed by atoms with Gasteiger partial charge < -0.3 is 0 Å². The summed E-state index contributed by atoms with van der Waals surface area (Å²) >= 11 is 5.89.